The van der Waals surface area contributed by atoms with E-state index in [2.05, 4.69) is 6.92 Å². The van der Waals surface area contributed by atoms with Gasteiger partial charge in [-0.25, -0.2) is 0 Å². The molecule has 0 spiro atoms. The number of ether oxygens (including phenoxy) is 1. The molecule has 3 saturated carbocycles. The molecule has 0 bridgehead atoms. The van der Waals surface area contributed by atoms with E-state index in [-0.39, 0.29) is 47.8 Å². The van der Waals surface area contributed by atoms with E-state index >= 15 is 0 Å². The SMILES string of the molecule is CC(=O)OC[C@@H](O)[C@@]1(O)CC[C@H]2[C@@H]3CCC4=CC(=O)CC[C@]4(C)[C@H]3C(=O)C[C@@]21C. The van der Waals surface area contributed by atoms with Crippen LogP contribution in [-0.4, -0.2) is 46.1 Å². The summed E-state index contributed by atoms with van der Waals surface area (Å²) in [6.45, 7) is 5.07. The Labute approximate surface area is 171 Å². The highest BCUT2D eigenvalue weighted by Crippen LogP contribution is 2.67. The van der Waals surface area contributed by atoms with Gasteiger partial charge in [0.1, 0.15) is 18.5 Å². The van der Waals surface area contributed by atoms with Crippen LogP contribution in [0.25, 0.3) is 0 Å². The van der Waals surface area contributed by atoms with Gasteiger partial charge in [0.2, 0.25) is 0 Å². The Hall–Kier alpha value is -1.53. The third-order valence-corrected chi connectivity index (χ3v) is 8.87. The fraction of sp³-hybridized carbons (Fsp3) is 0.783. The summed E-state index contributed by atoms with van der Waals surface area (Å²) in [6.07, 6.45) is 4.76. The maximum Gasteiger partial charge on any atom is 0.302 e. The first-order valence-corrected chi connectivity index (χ1v) is 10.8. The number of carbonyl (C=O) groups is 3. The van der Waals surface area contributed by atoms with Crippen LogP contribution in [0.2, 0.25) is 0 Å². The van der Waals surface area contributed by atoms with Crippen LogP contribution in [-0.2, 0) is 19.1 Å². The number of hydrogen-bond acceptors (Lipinski definition) is 6. The molecule has 3 fully saturated rings. The summed E-state index contributed by atoms with van der Waals surface area (Å²) in [5, 5.41) is 22.2. The van der Waals surface area contributed by atoms with E-state index in [9.17, 15) is 24.6 Å². The van der Waals surface area contributed by atoms with Crippen molar-refractivity contribution in [1.29, 1.82) is 0 Å². The van der Waals surface area contributed by atoms with E-state index in [1.165, 1.54) is 6.92 Å². The smallest absolute Gasteiger partial charge is 0.302 e. The van der Waals surface area contributed by atoms with Crippen molar-refractivity contribution in [2.75, 3.05) is 6.61 Å². The average Bonchev–Trinajstić information content (AvgIpc) is 2.91. The molecule has 160 valence electrons. The molecule has 0 unspecified atom stereocenters. The minimum absolute atomic E-state index is 0.123. The highest BCUT2D eigenvalue weighted by atomic mass is 16.5. The Kier molecular flexibility index (Phi) is 4.82. The molecule has 0 aliphatic heterocycles. The van der Waals surface area contributed by atoms with Crippen molar-refractivity contribution in [3.63, 3.8) is 0 Å². The molecule has 7 atom stereocenters. The number of allylic oxidation sites excluding steroid dienone is 1. The standard InChI is InChI=1S/C23H32O6/c1-13(24)29-12-19(27)23(28)9-7-17-16-5-4-14-10-15(25)6-8-21(14,2)20(16)18(26)11-22(17,23)3/h10,16-17,19-20,27-28H,4-9,11-12H2,1-3H3/t16-,17-,19+,20+,21-,22-,23-/m0/s1. The van der Waals surface area contributed by atoms with Gasteiger partial charge in [0, 0.05) is 31.1 Å². The predicted octanol–water partition coefficient (Wildman–Crippen LogP) is 2.35. The minimum Gasteiger partial charge on any atom is -0.463 e. The lowest BCUT2D eigenvalue weighted by Gasteiger charge is -2.58. The topological polar surface area (TPSA) is 101 Å². The highest BCUT2D eigenvalue weighted by molar-refractivity contribution is 5.93. The number of Topliss-reactive ketones (excluding diaryl/α,β-unsaturated/α-hetero) is 1. The van der Waals surface area contributed by atoms with Crippen molar-refractivity contribution in [2.45, 2.75) is 77.4 Å². The molecule has 6 heteroatoms. The molecule has 4 aliphatic rings. The molecule has 4 rings (SSSR count). The van der Waals surface area contributed by atoms with Gasteiger partial charge in [-0.05, 0) is 55.4 Å². The van der Waals surface area contributed by atoms with Crippen molar-refractivity contribution in [3.8, 4) is 0 Å². The molecule has 0 radical (unpaired) electrons. The van der Waals surface area contributed by atoms with Crippen LogP contribution >= 0.6 is 0 Å². The van der Waals surface area contributed by atoms with Crippen LogP contribution in [0.1, 0.15) is 65.7 Å². The third kappa shape index (κ3) is 2.86. The summed E-state index contributed by atoms with van der Waals surface area (Å²) in [5.74, 6) is -0.0612. The molecule has 0 aromatic heterocycles. The lowest BCUT2D eigenvalue weighted by Crippen LogP contribution is -2.62. The maximum absolute atomic E-state index is 13.5. The average molecular weight is 405 g/mol. The fourth-order valence-corrected chi connectivity index (χ4v) is 7.30. The molecule has 0 aromatic carbocycles. The van der Waals surface area contributed by atoms with Crippen molar-refractivity contribution < 1.29 is 29.3 Å². The fourth-order valence-electron chi connectivity index (χ4n) is 7.30. The molecule has 0 aromatic rings. The number of rotatable bonds is 3. The maximum atomic E-state index is 13.5. The summed E-state index contributed by atoms with van der Waals surface area (Å²) in [6, 6.07) is 0. The Bertz CT molecular complexity index is 786. The number of ketones is 2. The zero-order chi connectivity index (χ0) is 21.2. The van der Waals surface area contributed by atoms with Gasteiger partial charge in [-0.3, -0.25) is 14.4 Å². The first kappa shape index (κ1) is 20.7. The second kappa shape index (κ2) is 6.74. The monoisotopic (exact) mass is 404 g/mol. The van der Waals surface area contributed by atoms with Gasteiger partial charge in [0.25, 0.3) is 0 Å². The van der Waals surface area contributed by atoms with Crippen LogP contribution in [0.3, 0.4) is 0 Å². The van der Waals surface area contributed by atoms with Gasteiger partial charge >= 0.3 is 5.97 Å². The van der Waals surface area contributed by atoms with Crippen LogP contribution < -0.4 is 0 Å². The molecule has 0 heterocycles. The second-order valence-corrected chi connectivity index (χ2v) is 10.2. The van der Waals surface area contributed by atoms with E-state index in [0.717, 1.165) is 24.8 Å². The van der Waals surface area contributed by atoms with Crippen molar-refractivity contribution in [3.05, 3.63) is 11.6 Å². The van der Waals surface area contributed by atoms with E-state index in [1.54, 1.807) is 6.08 Å². The van der Waals surface area contributed by atoms with E-state index in [4.69, 9.17) is 4.74 Å². The zero-order valence-electron chi connectivity index (χ0n) is 17.6. The largest absolute Gasteiger partial charge is 0.463 e. The van der Waals surface area contributed by atoms with Gasteiger partial charge in [-0.15, -0.1) is 0 Å². The lowest BCUT2D eigenvalue weighted by atomic mass is 9.45. The minimum atomic E-state index is -1.45. The summed E-state index contributed by atoms with van der Waals surface area (Å²) < 4.78 is 4.96. The van der Waals surface area contributed by atoms with E-state index in [0.29, 0.717) is 19.3 Å². The highest BCUT2D eigenvalue weighted by Gasteiger charge is 2.68. The summed E-state index contributed by atoms with van der Waals surface area (Å²) in [7, 11) is 0. The zero-order valence-corrected chi connectivity index (χ0v) is 17.6. The Morgan fingerprint density at radius 3 is 2.66 bits per heavy atom. The molecule has 4 aliphatic carbocycles. The number of aliphatic hydroxyl groups is 2. The van der Waals surface area contributed by atoms with Crippen LogP contribution in [0.15, 0.2) is 11.6 Å². The Balaban J connectivity index is 1.66. The Morgan fingerprint density at radius 2 is 1.97 bits per heavy atom. The summed E-state index contributed by atoms with van der Waals surface area (Å²) in [5.41, 5.74) is -1.35. The van der Waals surface area contributed by atoms with Crippen LogP contribution in [0, 0.1) is 28.6 Å². The number of esters is 1. The van der Waals surface area contributed by atoms with E-state index in [1.807, 2.05) is 6.92 Å². The number of fused-ring (bicyclic) bond motifs is 5. The quantitative estimate of drug-likeness (QED) is 0.701. The molecule has 29 heavy (non-hydrogen) atoms. The molecule has 2 N–H and O–H groups in total. The van der Waals surface area contributed by atoms with Crippen LogP contribution in [0.4, 0.5) is 0 Å². The normalized spacial score (nSPS) is 45.0. The van der Waals surface area contributed by atoms with E-state index < -0.39 is 23.1 Å². The van der Waals surface area contributed by atoms with Gasteiger partial charge in [0.15, 0.2) is 5.78 Å². The van der Waals surface area contributed by atoms with Gasteiger partial charge in [-0.1, -0.05) is 19.4 Å². The summed E-state index contributed by atoms with van der Waals surface area (Å²) >= 11 is 0. The number of hydrogen-bond donors (Lipinski definition) is 2. The number of carbonyl (C=O) groups excluding carboxylic acids is 3. The molecule has 6 nitrogen and oxygen atoms in total. The third-order valence-electron chi connectivity index (χ3n) is 8.87. The molecule has 0 saturated heterocycles. The second-order valence-electron chi connectivity index (χ2n) is 10.2. The predicted molar refractivity (Wildman–Crippen MR) is 105 cm³/mol. The Morgan fingerprint density at radius 1 is 1.24 bits per heavy atom. The van der Waals surface area contributed by atoms with Gasteiger partial charge in [-0.2, -0.15) is 0 Å². The summed E-state index contributed by atoms with van der Waals surface area (Å²) in [4.78, 5) is 36.6. The van der Waals surface area contributed by atoms with Crippen LogP contribution in [0.5, 0.6) is 0 Å². The molecule has 0 amide bonds. The van der Waals surface area contributed by atoms with Crippen molar-refractivity contribution >= 4 is 17.5 Å². The number of aliphatic hydroxyl groups excluding tert-OH is 1. The lowest BCUT2D eigenvalue weighted by molar-refractivity contribution is -0.192. The van der Waals surface area contributed by atoms with Crippen molar-refractivity contribution in [2.24, 2.45) is 28.6 Å². The van der Waals surface area contributed by atoms with Gasteiger partial charge in [0.05, 0.1) is 5.60 Å². The van der Waals surface area contributed by atoms with Crippen molar-refractivity contribution in [1.82, 2.24) is 0 Å². The molecular weight excluding hydrogens is 372 g/mol. The first-order chi connectivity index (χ1) is 13.5. The van der Waals surface area contributed by atoms with Gasteiger partial charge < -0.3 is 14.9 Å². The molecular formula is C23H32O6. The first-order valence-electron chi connectivity index (χ1n) is 10.8.